The molecule has 0 radical (unpaired) electrons. The van der Waals surface area contributed by atoms with Crippen LogP contribution in [-0.4, -0.2) is 11.6 Å². The van der Waals surface area contributed by atoms with Crippen LogP contribution in [0.1, 0.15) is 41.6 Å². The smallest absolute Gasteiger partial charge is 0.342 e. The molecule has 21 heavy (non-hydrogen) atoms. The SMILES string of the molecule is CC(C)(C)OC(=O)c1c(N)sc2c1-c1ccc(Br)cc1C2. The van der Waals surface area contributed by atoms with E-state index in [4.69, 9.17) is 10.5 Å². The molecule has 0 bridgehead atoms. The van der Waals surface area contributed by atoms with Crippen LogP contribution in [0.5, 0.6) is 0 Å². The highest BCUT2D eigenvalue weighted by Crippen LogP contribution is 2.47. The largest absolute Gasteiger partial charge is 0.456 e. The molecule has 110 valence electrons. The van der Waals surface area contributed by atoms with Crippen molar-refractivity contribution in [1.29, 1.82) is 0 Å². The van der Waals surface area contributed by atoms with Crippen molar-refractivity contribution in [2.24, 2.45) is 0 Å². The van der Waals surface area contributed by atoms with Crippen molar-refractivity contribution in [3.63, 3.8) is 0 Å². The van der Waals surface area contributed by atoms with Crippen LogP contribution in [0.3, 0.4) is 0 Å². The van der Waals surface area contributed by atoms with E-state index in [0.29, 0.717) is 10.6 Å². The Morgan fingerprint density at radius 3 is 2.76 bits per heavy atom. The Labute approximate surface area is 136 Å². The van der Waals surface area contributed by atoms with E-state index in [2.05, 4.69) is 22.0 Å². The van der Waals surface area contributed by atoms with E-state index in [9.17, 15) is 4.79 Å². The minimum Gasteiger partial charge on any atom is -0.456 e. The molecule has 1 heterocycles. The minimum absolute atomic E-state index is 0.340. The van der Waals surface area contributed by atoms with Gasteiger partial charge in [-0.3, -0.25) is 0 Å². The van der Waals surface area contributed by atoms with E-state index >= 15 is 0 Å². The van der Waals surface area contributed by atoms with E-state index < -0.39 is 5.60 Å². The quantitative estimate of drug-likeness (QED) is 0.640. The Kier molecular flexibility index (Phi) is 3.37. The molecule has 0 atom stereocenters. The van der Waals surface area contributed by atoms with Crippen LogP contribution in [0.2, 0.25) is 0 Å². The lowest BCUT2D eigenvalue weighted by atomic mass is 10.0. The number of rotatable bonds is 1. The van der Waals surface area contributed by atoms with Crippen LogP contribution in [0.15, 0.2) is 22.7 Å². The molecule has 0 amide bonds. The number of benzene rings is 1. The summed E-state index contributed by atoms with van der Waals surface area (Å²) in [6.45, 7) is 5.58. The van der Waals surface area contributed by atoms with E-state index in [1.807, 2.05) is 32.9 Å². The van der Waals surface area contributed by atoms with E-state index in [0.717, 1.165) is 26.9 Å². The van der Waals surface area contributed by atoms with Gasteiger partial charge in [-0.1, -0.05) is 22.0 Å². The molecule has 0 spiro atoms. The van der Waals surface area contributed by atoms with Crippen molar-refractivity contribution in [1.82, 2.24) is 0 Å². The molecule has 0 saturated heterocycles. The van der Waals surface area contributed by atoms with Crippen molar-refractivity contribution in [3.8, 4) is 11.1 Å². The van der Waals surface area contributed by atoms with Crippen LogP contribution in [0, 0.1) is 0 Å². The Morgan fingerprint density at radius 2 is 2.10 bits per heavy atom. The molecule has 3 rings (SSSR count). The first kappa shape index (κ1) is 14.6. The zero-order chi connectivity index (χ0) is 15.4. The van der Waals surface area contributed by atoms with Gasteiger partial charge < -0.3 is 10.5 Å². The highest BCUT2D eigenvalue weighted by atomic mass is 79.9. The summed E-state index contributed by atoms with van der Waals surface area (Å²) < 4.78 is 6.55. The number of thiophene rings is 1. The minimum atomic E-state index is -0.528. The van der Waals surface area contributed by atoms with Crippen LogP contribution >= 0.6 is 27.3 Å². The van der Waals surface area contributed by atoms with Gasteiger partial charge in [-0.2, -0.15) is 0 Å². The average molecular weight is 366 g/mol. The maximum absolute atomic E-state index is 12.5. The summed E-state index contributed by atoms with van der Waals surface area (Å²) in [6, 6.07) is 6.11. The molecule has 1 aromatic heterocycles. The Morgan fingerprint density at radius 1 is 1.38 bits per heavy atom. The zero-order valence-electron chi connectivity index (χ0n) is 12.1. The maximum atomic E-state index is 12.5. The molecule has 1 aromatic carbocycles. The molecule has 0 saturated carbocycles. The second-order valence-corrected chi connectivity index (χ2v) is 8.17. The molecule has 2 aromatic rings. The number of fused-ring (bicyclic) bond motifs is 3. The summed E-state index contributed by atoms with van der Waals surface area (Å²) in [5.41, 5.74) is 9.31. The highest BCUT2D eigenvalue weighted by Gasteiger charge is 2.32. The summed E-state index contributed by atoms with van der Waals surface area (Å²) in [5.74, 6) is -0.340. The second kappa shape index (κ2) is 4.85. The number of carbonyl (C=O) groups excluding carboxylic acids is 1. The maximum Gasteiger partial charge on any atom is 0.342 e. The molecule has 0 fully saturated rings. The van der Waals surface area contributed by atoms with E-state index in [1.54, 1.807) is 0 Å². The number of esters is 1. The topological polar surface area (TPSA) is 52.3 Å². The van der Waals surface area contributed by atoms with Gasteiger partial charge in [-0.15, -0.1) is 11.3 Å². The van der Waals surface area contributed by atoms with E-state index in [1.165, 1.54) is 16.9 Å². The van der Waals surface area contributed by atoms with Gasteiger partial charge in [-0.05, 0) is 44.0 Å². The number of nitrogen functional groups attached to an aromatic ring is 1. The number of hydrogen-bond donors (Lipinski definition) is 1. The number of hydrogen-bond acceptors (Lipinski definition) is 4. The second-order valence-electron chi connectivity index (χ2n) is 6.12. The lowest BCUT2D eigenvalue weighted by molar-refractivity contribution is 0.00722. The van der Waals surface area contributed by atoms with Crippen molar-refractivity contribution in [2.75, 3.05) is 5.73 Å². The van der Waals surface area contributed by atoms with Gasteiger partial charge in [0.15, 0.2) is 0 Å². The first-order valence-electron chi connectivity index (χ1n) is 6.69. The molecular weight excluding hydrogens is 350 g/mol. The number of carbonyl (C=O) groups is 1. The summed E-state index contributed by atoms with van der Waals surface area (Å²) in [5, 5.41) is 0.544. The summed E-state index contributed by atoms with van der Waals surface area (Å²) in [7, 11) is 0. The molecule has 0 aliphatic heterocycles. The van der Waals surface area contributed by atoms with Crippen molar-refractivity contribution in [3.05, 3.63) is 38.7 Å². The fraction of sp³-hybridized carbons (Fsp3) is 0.312. The fourth-order valence-electron chi connectivity index (χ4n) is 2.56. The van der Waals surface area contributed by atoms with Gasteiger partial charge in [0.1, 0.15) is 16.2 Å². The van der Waals surface area contributed by atoms with Gasteiger partial charge in [-0.25, -0.2) is 4.79 Å². The highest BCUT2D eigenvalue weighted by molar-refractivity contribution is 9.10. The zero-order valence-corrected chi connectivity index (χ0v) is 14.5. The van der Waals surface area contributed by atoms with Crippen molar-refractivity contribution in [2.45, 2.75) is 32.8 Å². The Balaban J connectivity index is 2.10. The fourth-order valence-corrected chi connectivity index (χ4v) is 4.07. The summed E-state index contributed by atoms with van der Waals surface area (Å²) in [4.78, 5) is 13.6. The van der Waals surface area contributed by atoms with E-state index in [-0.39, 0.29) is 5.97 Å². The Bertz CT molecular complexity index is 743. The molecule has 2 N–H and O–H groups in total. The van der Waals surface area contributed by atoms with Gasteiger partial charge in [0.2, 0.25) is 0 Å². The summed E-state index contributed by atoms with van der Waals surface area (Å²) in [6.07, 6.45) is 0.821. The van der Waals surface area contributed by atoms with Crippen LogP contribution in [0.25, 0.3) is 11.1 Å². The van der Waals surface area contributed by atoms with Gasteiger partial charge in [0, 0.05) is 21.3 Å². The Hall–Kier alpha value is -1.33. The molecular formula is C16H16BrNO2S. The van der Waals surface area contributed by atoms with Gasteiger partial charge in [0.05, 0.1) is 0 Å². The third-order valence-electron chi connectivity index (χ3n) is 3.30. The number of nitrogens with two attached hydrogens (primary N) is 1. The standard InChI is InChI=1S/C16H16BrNO2S/c1-16(2,3)20-15(19)13-12-10-5-4-9(17)6-8(10)7-11(12)21-14(13)18/h4-6H,7,18H2,1-3H3. The van der Waals surface area contributed by atoms with Gasteiger partial charge in [0.25, 0.3) is 0 Å². The van der Waals surface area contributed by atoms with Crippen LogP contribution in [0.4, 0.5) is 5.00 Å². The lowest BCUT2D eigenvalue weighted by Crippen LogP contribution is -2.24. The number of anilines is 1. The predicted octanol–water partition coefficient (Wildman–Crippen LogP) is 4.62. The molecule has 0 unspecified atom stereocenters. The normalized spacial score (nSPS) is 13.0. The predicted molar refractivity (Wildman–Crippen MR) is 89.8 cm³/mol. The third-order valence-corrected chi connectivity index (χ3v) is 4.81. The van der Waals surface area contributed by atoms with Crippen molar-refractivity contribution < 1.29 is 9.53 Å². The van der Waals surface area contributed by atoms with Crippen LogP contribution in [-0.2, 0) is 11.2 Å². The first-order valence-corrected chi connectivity index (χ1v) is 8.30. The number of ether oxygens (including phenoxy) is 1. The molecule has 5 heteroatoms. The third kappa shape index (κ3) is 2.60. The first-order chi connectivity index (χ1) is 9.76. The van der Waals surface area contributed by atoms with Crippen LogP contribution < -0.4 is 5.73 Å². The van der Waals surface area contributed by atoms with Gasteiger partial charge >= 0.3 is 5.97 Å². The monoisotopic (exact) mass is 365 g/mol. The molecule has 1 aliphatic carbocycles. The number of halogens is 1. The van der Waals surface area contributed by atoms with Crippen molar-refractivity contribution >= 4 is 38.2 Å². The summed E-state index contributed by atoms with van der Waals surface area (Å²) >= 11 is 4.97. The average Bonchev–Trinajstić information content (AvgIpc) is 2.79. The molecule has 1 aliphatic rings. The molecule has 3 nitrogen and oxygen atoms in total. The lowest BCUT2D eigenvalue weighted by Gasteiger charge is -2.20.